The van der Waals surface area contributed by atoms with Crippen LogP contribution in [0.1, 0.15) is 22.6 Å². The molecule has 0 saturated carbocycles. The van der Waals surface area contributed by atoms with Gasteiger partial charge in [-0.1, -0.05) is 29.8 Å². The van der Waals surface area contributed by atoms with E-state index in [1.165, 1.54) is 5.56 Å². The molecule has 2 aromatic carbocycles. The summed E-state index contributed by atoms with van der Waals surface area (Å²) in [5, 5.41) is 0. The topological polar surface area (TPSA) is 61.3 Å². The van der Waals surface area contributed by atoms with Crippen molar-refractivity contribution in [3.63, 3.8) is 0 Å². The van der Waals surface area contributed by atoms with Gasteiger partial charge in [0, 0.05) is 18.5 Å². The van der Waals surface area contributed by atoms with Gasteiger partial charge >= 0.3 is 0 Å². The second-order valence-electron chi connectivity index (χ2n) is 5.83. The van der Waals surface area contributed by atoms with Crippen molar-refractivity contribution >= 4 is 0 Å². The lowest BCUT2D eigenvalue weighted by Crippen LogP contribution is -2.03. The number of hydrogen-bond acceptors (Lipinski definition) is 4. The molecule has 0 unspecified atom stereocenters. The first-order valence-electron chi connectivity index (χ1n) is 8.11. The standard InChI is InChI=1S/C20H22N2O2/c1-14-3-7-17(8-4-14)20-22-19(15(2)24-20)11-12-23-18-9-5-16(13-21)6-10-18/h3-10H,11-13,21H2,1-2H3. The minimum Gasteiger partial charge on any atom is -0.493 e. The molecule has 24 heavy (non-hydrogen) atoms. The molecule has 3 rings (SSSR count). The van der Waals surface area contributed by atoms with E-state index in [0.29, 0.717) is 25.5 Å². The van der Waals surface area contributed by atoms with E-state index < -0.39 is 0 Å². The first-order chi connectivity index (χ1) is 11.7. The van der Waals surface area contributed by atoms with Crippen molar-refractivity contribution in [2.45, 2.75) is 26.8 Å². The van der Waals surface area contributed by atoms with Gasteiger partial charge in [0.2, 0.25) is 5.89 Å². The fourth-order valence-corrected chi connectivity index (χ4v) is 2.47. The molecule has 0 radical (unpaired) electrons. The lowest BCUT2D eigenvalue weighted by molar-refractivity contribution is 0.320. The van der Waals surface area contributed by atoms with Crippen molar-refractivity contribution in [1.29, 1.82) is 0 Å². The van der Waals surface area contributed by atoms with Crippen molar-refractivity contribution in [3.8, 4) is 17.2 Å². The van der Waals surface area contributed by atoms with Gasteiger partial charge in [-0.15, -0.1) is 0 Å². The molecule has 2 N–H and O–H groups in total. The summed E-state index contributed by atoms with van der Waals surface area (Å²) in [6.07, 6.45) is 0.708. The Balaban J connectivity index is 1.62. The number of aromatic nitrogens is 1. The van der Waals surface area contributed by atoms with Crippen LogP contribution < -0.4 is 10.5 Å². The molecule has 0 aliphatic heterocycles. The maximum absolute atomic E-state index is 5.79. The fourth-order valence-electron chi connectivity index (χ4n) is 2.47. The van der Waals surface area contributed by atoms with E-state index in [0.717, 1.165) is 28.3 Å². The number of hydrogen-bond donors (Lipinski definition) is 1. The molecular formula is C20H22N2O2. The average molecular weight is 322 g/mol. The Hall–Kier alpha value is -2.59. The van der Waals surface area contributed by atoms with Gasteiger partial charge in [-0.2, -0.15) is 0 Å². The summed E-state index contributed by atoms with van der Waals surface area (Å²) in [6, 6.07) is 16.0. The van der Waals surface area contributed by atoms with Crippen LogP contribution in [0.25, 0.3) is 11.5 Å². The number of nitrogens with two attached hydrogens (primary N) is 1. The van der Waals surface area contributed by atoms with Crippen LogP contribution in [0.2, 0.25) is 0 Å². The molecule has 4 heteroatoms. The van der Waals surface area contributed by atoms with E-state index in [-0.39, 0.29) is 0 Å². The zero-order valence-corrected chi connectivity index (χ0v) is 14.1. The molecule has 124 valence electrons. The maximum atomic E-state index is 5.79. The number of oxazole rings is 1. The molecular weight excluding hydrogens is 300 g/mol. The third-order valence-electron chi connectivity index (χ3n) is 3.96. The van der Waals surface area contributed by atoms with Crippen LogP contribution in [-0.2, 0) is 13.0 Å². The molecule has 0 bridgehead atoms. The summed E-state index contributed by atoms with van der Waals surface area (Å²) in [4.78, 5) is 4.61. The summed E-state index contributed by atoms with van der Waals surface area (Å²) in [6.45, 7) is 5.10. The van der Waals surface area contributed by atoms with Crippen molar-refractivity contribution in [1.82, 2.24) is 4.98 Å². The predicted molar refractivity (Wildman–Crippen MR) is 94.9 cm³/mol. The molecule has 0 aliphatic rings. The zero-order chi connectivity index (χ0) is 16.9. The highest BCUT2D eigenvalue weighted by Gasteiger charge is 2.11. The first-order valence-corrected chi connectivity index (χ1v) is 8.11. The lowest BCUT2D eigenvalue weighted by Gasteiger charge is -2.05. The summed E-state index contributed by atoms with van der Waals surface area (Å²) in [5.41, 5.74) is 9.83. The molecule has 0 spiro atoms. The highest BCUT2D eigenvalue weighted by Crippen LogP contribution is 2.22. The first kappa shape index (κ1) is 16.3. The minimum absolute atomic E-state index is 0.542. The Morgan fingerprint density at radius 2 is 1.71 bits per heavy atom. The van der Waals surface area contributed by atoms with Crippen LogP contribution in [0.4, 0.5) is 0 Å². The molecule has 0 amide bonds. The van der Waals surface area contributed by atoms with E-state index in [4.69, 9.17) is 14.9 Å². The van der Waals surface area contributed by atoms with Gasteiger partial charge in [-0.05, 0) is 43.7 Å². The summed E-state index contributed by atoms with van der Waals surface area (Å²) in [5.74, 6) is 2.34. The predicted octanol–water partition coefficient (Wildman–Crippen LogP) is 4.04. The van der Waals surface area contributed by atoms with Gasteiger partial charge < -0.3 is 14.9 Å². The second-order valence-corrected chi connectivity index (χ2v) is 5.83. The zero-order valence-electron chi connectivity index (χ0n) is 14.1. The number of ether oxygens (including phenoxy) is 1. The monoisotopic (exact) mass is 322 g/mol. The van der Waals surface area contributed by atoms with Crippen LogP contribution in [0.3, 0.4) is 0 Å². The van der Waals surface area contributed by atoms with Gasteiger partial charge in [0.1, 0.15) is 11.5 Å². The van der Waals surface area contributed by atoms with Gasteiger partial charge in [0.25, 0.3) is 0 Å². The molecule has 0 atom stereocenters. The van der Waals surface area contributed by atoms with Crippen molar-refractivity contribution in [3.05, 3.63) is 71.1 Å². The van der Waals surface area contributed by atoms with E-state index in [1.807, 2.05) is 43.3 Å². The lowest BCUT2D eigenvalue weighted by atomic mass is 10.1. The van der Waals surface area contributed by atoms with Gasteiger partial charge in [0.15, 0.2) is 0 Å². The Bertz CT molecular complexity index is 790. The van der Waals surface area contributed by atoms with E-state index >= 15 is 0 Å². The van der Waals surface area contributed by atoms with Crippen LogP contribution in [0.5, 0.6) is 5.75 Å². The Morgan fingerprint density at radius 1 is 1.00 bits per heavy atom. The Kier molecular flexibility index (Phi) is 4.96. The van der Waals surface area contributed by atoms with Gasteiger partial charge in [-0.3, -0.25) is 0 Å². The summed E-state index contributed by atoms with van der Waals surface area (Å²) >= 11 is 0. The molecule has 4 nitrogen and oxygen atoms in total. The van der Waals surface area contributed by atoms with Crippen LogP contribution in [0, 0.1) is 13.8 Å². The molecule has 1 aromatic heterocycles. The van der Waals surface area contributed by atoms with Crippen molar-refractivity contribution in [2.24, 2.45) is 5.73 Å². The fraction of sp³-hybridized carbons (Fsp3) is 0.250. The van der Waals surface area contributed by atoms with Crippen LogP contribution in [-0.4, -0.2) is 11.6 Å². The SMILES string of the molecule is Cc1ccc(-c2nc(CCOc3ccc(CN)cc3)c(C)o2)cc1. The molecule has 0 aliphatic carbocycles. The maximum Gasteiger partial charge on any atom is 0.226 e. The number of benzene rings is 2. The highest BCUT2D eigenvalue weighted by atomic mass is 16.5. The second kappa shape index (κ2) is 7.32. The van der Waals surface area contributed by atoms with E-state index in [9.17, 15) is 0 Å². The average Bonchev–Trinajstić information content (AvgIpc) is 2.97. The third-order valence-corrected chi connectivity index (χ3v) is 3.96. The highest BCUT2D eigenvalue weighted by molar-refractivity contribution is 5.54. The van der Waals surface area contributed by atoms with E-state index in [1.54, 1.807) is 0 Å². The van der Waals surface area contributed by atoms with Crippen molar-refractivity contribution < 1.29 is 9.15 Å². The van der Waals surface area contributed by atoms with Gasteiger partial charge in [-0.25, -0.2) is 4.98 Å². The largest absolute Gasteiger partial charge is 0.493 e. The van der Waals surface area contributed by atoms with Crippen LogP contribution in [0.15, 0.2) is 52.9 Å². The summed E-state index contributed by atoms with van der Waals surface area (Å²) in [7, 11) is 0. The molecule has 1 heterocycles. The number of aryl methyl sites for hydroxylation is 2. The number of nitrogens with zero attached hydrogens (tertiary/aromatic N) is 1. The molecule has 0 saturated heterocycles. The molecule has 0 fully saturated rings. The quantitative estimate of drug-likeness (QED) is 0.744. The van der Waals surface area contributed by atoms with Crippen molar-refractivity contribution in [2.75, 3.05) is 6.61 Å². The number of rotatable bonds is 6. The Morgan fingerprint density at radius 3 is 2.38 bits per heavy atom. The third kappa shape index (κ3) is 3.84. The van der Waals surface area contributed by atoms with Gasteiger partial charge in [0.05, 0.1) is 12.3 Å². The smallest absolute Gasteiger partial charge is 0.226 e. The summed E-state index contributed by atoms with van der Waals surface area (Å²) < 4.78 is 11.6. The normalized spacial score (nSPS) is 10.8. The van der Waals surface area contributed by atoms with E-state index in [2.05, 4.69) is 24.0 Å². The minimum atomic E-state index is 0.542. The van der Waals surface area contributed by atoms with Crippen LogP contribution >= 0.6 is 0 Å². The molecule has 3 aromatic rings. The Labute approximate surface area is 142 Å².